The summed E-state index contributed by atoms with van der Waals surface area (Å²) in [7, 11) is 0. The number of ether oxygens (including phenoxy) is 2. The molecule has 0 saturated heterocycles. The summed E-state index contributed by atoms with van der Waals surface area (Å²) < 4.78 is 160. The van der Waals surface area contributed by atoms with Crippen LogP contribution < -0.4 is 9.47 Å². The standard InChI is InChI=1S/C34H17F11O2/c1-2-3-4-19-5-9-22(26(35)13-19)10-6-20-8-12-25(29(38)14-20)33(41,42)46-23-17-27(36)24(28(37)18-23)11-7-21-15-30(39)32(31(40)16-21)47-34(43,44)45/h2,5,8-9,12-18H,1,3-4H2. The van der Waals surface area contributed by atoms with Gasteiger partial charge in [-0.1, -0.05) is 35.8 Å². The van der Waals surface area contributed by atoms with Crippen LogP contribution >= 0.6 is 0 Å². The quantitative estimate of drug-likeness (QED) is 0.111. The van der Waals surface area contributed by atoms with Crippen molar-refractivity contribution in [2.24, 2.45) is 0 Å². The largest absolute Gasteiger partial charge is 0.573 e. The monoisotopic (exact) mass is 666 g/mol. The maximum atomic E-state index is 14.8. The van der Waals surface area contributed by atoms with Gasteiger partial charge in [-0.05, 0) is 60.9 Å². The number of hydrogen-bond acceptors (Lipinski definition) is 2. The third-order valence-electron chi connectivity index (χ3n) is 6.10. The van der Waals surface area contributed by atoms with Gasteiger partial charge in [0.2, 0.25) is 5.75 Å². The smallest absolute Gasteiger partial charge is 0.429 e. The lowest BCUT2D eigenvalue weighted by atomic mass is 10.1. The second kappa shape index (κ2) is 13.9. The Morgan fingerprint density at radius 1 is 0.617 bits per heavy atom. The maximum absolute atomic E-state index is 14.8. The third kappa shape index (κ3) is 8.85. The van der Waals surface area contributed by atoms with Crippen LogP contribution in [0.5, 0.6) is 11.5 Å². The number of halogens is 11. The van der Waals surface area contributed by atoms with Crippen molar-refractivity contribution in [3.8, 4) is 35.2 Å². The van der Waals surface area contributed by atoms with E-state index < -0.39 is 75.6 Å². The van der Waals surface area contributed by atoms with Crippen LogP contribution in [0.4, 0.5) is 48.3 Å². The number of aryl methyl sites for hydroxylation is 1. The molecule has 0 fully saturated rings. The molecule has 0 amide bonds. The van der Waals surface area contributed by atoms with Gasteiger partial charge in [-0.3, -0.25) is 0 Å². The van der Waals surface area contributed by atoms with E-state index in [0.29, 0.717) is 42.7 Å². The molecule has 0 aliphatic carbocycles. The highest BCUT2D eigenvalue weighted by atomic mass is 19.4. The molecule has 0 atom stereocenters. The summed E-state index contributed by atoms with van der Waals surface area (Å²) in [6.45, 7) is 3.59. The first-order valence-corrected chi connectivity index (χ1v) is 13.1. The van der Waals surface area contributed by atoms with E-state index in [1.54, 1.807) is 12.1 Å². The normalized spacial score (nSPS) is 11.2. The first-order valence-electron chi connectivity index (χ1n) is 13.1. The van der Waals surface area contributed by atoms with Gasteiger partial charge in [0.25, 0.3) is 0 Å². The Labute approximate surface area is 260 Å². The van der Waals surface area contributed by atoms with Crippen molar-refractivity contribution in [3.05, 3.63) is 142 Å². The highest BCUT2D eigenvalue weighted by Gasteiger charge is 2.38. The highest BCUT2D eigenvalue weighted by molar-refractivity contribution is 5.48. The Balaban J connectivity index is 1.51. The lowest BCUT2D eigenvalue weighted by Gasteiger charge is -2.19. The molecule has 0 aliphatic heterocycles. The summed E-state index contributed by atoms with van der Waals surface area (Å²) in [5.74, 6) is -3.07. The SMILES string of the molecule is C=CCCc1ccc(C#Cc2ccc(C(F)(F)Oc3cc(F)c(C#Cc4cc(F)c(OC(F)(F)F)c(F)c4)c(F)c3)c(F)c2)c(F)c1. The van der Waals surface area contributed by atoms with Crippen LogP contribution in [0.2, 0.25) is 0 Å². The summed E-state index contributed by atoms with van der Waals surface area (Å²) in [4.78, 5) is 0. The predicted molar refractivity (Wildman–Crippen MR) is 147 cm³/mol. The van der Waals surface area contributed by atoms with E-state index in [1.165, 1.54) is 12.1 Å². The first-order chi connectivity index (χ1) is 22.1. The van der Waals surface area contributed by atoms with E-state index in [4.69, 9.17) is 0 Å². The van der Waals surface area contributed by atoms with Crippen molar-refractivity contribution in [3.63, 3.8) is 0 Å². The molecule has 0 spiro atoms. The Morgan fingerprint density at radius 2 is 1.23 bits per heavy atom. The number of allylic oxidation sites excluding steroid dienone is 1. The van der Waals surface area contributed by atoms with Crippen molar-refractivity contribution in [1.82, 2.24) is 0 Å². The van der Waals surface area contributed by atoms with Crippen LogP contribution in [-0.2, 0) is 12.5 Å². The third-order valence-corrected chi connectivity index (χ3v) is 6.10. The topological polar surface area (TPSA) is 18.5 Å². The van der Waals surface area contributed by atoms with Gasteiger partial charge in [0.1, 0.15) is 34.6 Å². The van der Waals surface area contributed by atoms with Crippen molar-refractivity contribution >= 4 is 0 Å². The zero-order valence-corrected chi connectivity index (χ0v) is 23.4. The van der Waals surface area contributed by atoms with E-state index in [2.05, 4.69) is 27.9 Å². The molecular formula is C34H17F11O2. The Bertz CT molecular complexity index is 1910. The molecule has 0 unspecified atom stereocenters. The molecule has 47 heavy (non-hydrogen) atoms. The molecule has 0 bridgehead atoms. The Morgan fingerprint density at radius 3 is 1.81 bits per heavy atom. The van der Waals surface area contributed by atoms with Crippen LogP contribution in [0, 0.1) is 58.6 Å². The molecule has 0 saturated carbocycles. The second-order valence-corrected chi connectivity index (χ2v) is 9.53. The van der Waals surface area contributed by atoms with Crippen molar-refractivity contribution in [2.75, 3.05) is 0 Å². The van der Waals surface area contributed by atoms with Gasteiger partial charge in [0.05, 0.1) is 11.1 Å². The van der Waals surface area contributed by atoms with Crippen molar-refractivity contribution < 1.29 is 57.8 Å². The summed E-state index contributed by atoms with van der Waals surface area (Å²) in [5.41, 5.74) is -2.46. The minimum Gasteiger partial charge on any atom is -0.429 e. The predicted octanol–water partition coefficient (Wildman–Crippen LogP) is 9.47. The van der Waals surface area contributed by atoms with Gasteiger partial charge in [0, 0.05) is 23.3 Å². The van der Waals surface area contributed by atoms with Gasteiger partial charge in [-0.2, -0.15) is 8.78 Å². The summed E-state index contributed by atoms with van der Waals surface area (Å²) in [6.07, 6.45) is -7.01. The van der Waals surface area contributed by atoms with Gasteiger partial charge in [0.15, 0.2) is 11.6 Å². The molecule has 2 nitrogen and oxygen atoms in total. The second-order valence-electron chi connectivity index (χ2n) is 9.53. The average molecular weight is 666 g/mol. The number of benzene rings is 4. The lowest BCUT2D eigenvalue weighted by molar-refractivity contribution is -0.276. The molecule has 0 heterocycles. The fraction of sp³-hybridized carbons (Fsp3) is 0.118. The van der Waals surface area contributed by atoms with E-state index >= 15 is 0 Å². The van der Waals surface area contributed by atoms with Gasteiger partial charge < -0.3 is 9.47 Å². The van der Waals surface area contributed by atoms with E-state index in [-0.39, 0.29) is 23.3 Å². The molecule has 4 aromatic rings. The van der Waals surface area contributed by atoms with E-state index in [9.17, 15) is 48.3 Å². The molecule has 0 radical (unpaired) electrons. The number of rotatable bonds is 7. The Kier molecular flexibility index (Phi) is 10.2. The molecule has 0 aromatic heterocycles. The summed E-state index contributed by atoms with van der Waals surface area (Å²) in [6, 6.07) is 7.73. The fourth-order valence-corrected chi connectivity index (χ4v) is 3.96. The molecule has 242 valence electrons. The van der Waals surface area contributed by atoms with Crippen molar-refractivity contribution in [2.45, 2.75) is 25.3 Å². The first kappa shape index (κ1) is 34.4. The molecule has 4 aromatic carbocycles. The minimum absolute atomic E-state index is 0.0181. The Hall–Kier alpha value is -5.43. The molecule has 4 rings (SSSR count). The van der Waals surface area contributed by atoms with Gasteiger partial charge >= 0.3 is 12.5 Å². The van der Waals surface area contributed by atoms with Crippen LogP contribution in [0.25, 0.3) is 0 Å². The van der Waals surface area contributed by atoms with Crippen LogP contribution in [0.15, 0.2) is 73.3 Å². The molecule has 0 aliphatic rings. The summed E-state index contributed by atoms with van der Waals surface area (Å²) >= 11 is 0. The van der Waals surface area contributed by atoms with Crippen LogP contribution in [-0.4, -0.2) is 6.36 Å². The number of hydrogen-bond donors (Lipinski definition) is 0. The van der Waals surface area contributed by atoms with E-state index in [1.807, 2.05) is 11.8 Å². The minimum atomic E-state index is -5.41. The fourth-order valence-electron chi connectivity index (χ4n) is 3.96. The molecule has 0 N–H and O–H groups in total. The molecule has 13 heteroatoms. The van der Waals surface area contributed by atoms with Crippen molar-refractivity contribution in [1.29, 1.82) is 0 Å². The van der Waals surface area contributed by atoms with Crippen LogP contribution in [0.3, 0.4) is 0 Å². The highest BCUT2D eigenvalue weighted by Crippen LogP contribution is 2.35. The van der Waals surface area contributed by atoms with Crippen LogP contribution in [0.1, 0.15) is 39.8 Å². The number of alkyl halides is 5. The zero-order chi connectivity index (χ0) is 34.5. The average Bonchev–Trinajstić information content (AvgIpc) is 2.96. The van der Waals surface area contributed by atoms with Gasteiger partial charge in [-0.15, -0.1) is 19.8 Å². The molecular weight excluding hydrogens is 649 g/mol. The summed E-state index contributed by atoms with van der Waals surface area (Å²) in [5, 5.41) is 0. The lowest BCUT2D eigenvalue weighted by Crippen LogP contribution is -2.23. The van der Waals surface area contributed by atoms with Gasteiger partial charge in [-0.25, -0.2) is 26.3 Å². The van der Waals surface area contributed by atoms with E-state index in [0.717, 1.165) is 6.07 Å². The maximum Gasteiger partial charge on any atom is 0.573 e. The zero-order valence-electron chi connectivity index (χ0n) is 23.4.